The van der Waals surface area contributed by atoms with E-state index in [4.69, 9.17) is 9.47 Å². The van der Waals surface area contributed by atoms with Crippen molar-refractivity contribution in [2.75, 3.05) is 14.2 Å². The van der Waals surface area contributed by atoms with Crippen LogP contribution in [0.1, 0.15) is 42.5 Å². The lowest BCUT2D eigenvalue weighted by atomic mass is 9.89. The molecule has 3 aromatic rings. The monoisotopic (exact) mass is 351 g/mol. The van der Waals surface area contributed by atoms with Crippen LogP contribution in [0.2, 0.25) is 0 Å². The Labute approximate surface area is 153 Å². The second-order valence-corrected chi connectivity index (χ2v) is 7.22. The van der Waals surface area contributed by atoms with Crippen molar-refractivity contribution in [2.24, 2.45) is 5.92 Å². The summed E-state index contributed by atoms with van der Waals surface area (Å²) in [6.45, 7) is 1.02. The average molecular weight is 351 g/mol. The van der Waals surface area contributed by atoms with Crippen LogP contribution in [0.3, 0.4) is 0 Å². The molecule has 0 saturated heterocycles. The van der Waals surface area contributed by atoms with Gasteiger partial charge in [-0.2, -0.15) is 0 Å². The molecule has 0 unspecified atom stereocenters. The topological polar surface area (TPSA) is 40.5 Å². The van der Waals surface area contributed by atoms with Gasteiger partial charge in [-0.1, -0.05) is 19.3 Å². The van der Waals surface area contributed by atoms with E-state index in [0.29, 0.717) is 11.5 Å². The Morgan fingerprint density at radius 1 is 1.00 bits per heavy atom. The highest BCUT2D eigenvalue weighted by molar-refractivity contribution is 6.10. The predicted molar refractivity (Wildman–Crippen MR) is 104 cm³/mol. The molecule has 26 heavy (non-hydrogen) atoms. The van der Waals surface area contributed by atoms with Gasteiger partial charge in [0, 0.05) is 28.9 Å². The average Bonchev–Trinajstić information content (AvgIpc) is 3.00. The number of hydrogen-bond donors (Lipinski definition) is 0. The number of ether oxygens (including phenoxy) is 2. The number of hydrogen-bond acceptors (Lipinski definition) is 3. The molecule has 4 heteroatoms. The highest BCUT2D eigenvalue weighted by atomic mass is 16.5. The molecule has 4 nitrogen and oxygen atoms in total. The van der Waals surface area contributed by atoms with Crippen molar-refractivity contribution < 1.29 is 14.3 Å². The molecule has 136 valence electrons. The van der Waals surface area contributed by atoms with Gasteiger partial charge in [0.05, 0.1) is 25.3 Å². The van der Waals surface area contributed by atoms with Crippen molar-refractivity contribution in [1.29, 1.82) is 0 Å². The molecule has 0 spiro atoms. The molecule has 1 heterocycles. The summed E-state index contributed by atoms with van der Waals surface area (Å²) in [6, 6.07) is 12.0. The number of rotatable bonds is 4. The third-order valence-corrected chi connectivity index (χ3v) is 5.66. The summed E-state index contributed by atoms with van der Waals surface area (Å²) in [7, 11) is 3.12. The molecule has 0 atom stereocenters. The van der Waals surface area contributed by atoms with Crippen LogP contribution in [-0.2, 0) is 11.3 Å². The molecule has 1 saturated carbocycles. The van der Waals surface area contributed by atoms with Gasteiger partial charge in [0.15, 0.2) is 0 Å². The maximum Gasteiger partial charge on any atom is 0.337 e. The fraction of sp³-hybridized carbons (Fsp3) is 0.409. The zero-order valence-corrected chi connectivity index (χ0v) is 15.5. The number of carbonyl (C=O) groups excluding carboxylic acids is 1. The number of methoxy groups -OCH3 is 2. The summed E-state index contributed by atoms with van der Waals surface area (Å²) < 4.78 is 12.8. The van der Waals surface area contributed by atoms with Crippen molar-refractivity contribution in [1.82, 2.24) is 4.57 Å². The van der Waals surface area contributed by atoms with E-state index in [-0.39, 0.29) is 5.97 Å². The molecular formula is C22H25NO3. The Hall–Kier alpha value is -2.49. The largest absolute Gasteiger partial charge is 0.497 e. The van der Waals surface area contributed by atoms with E-state index >= 15 is 0 Å². The molecule has 1 aliphatic rings. The summed E-state index contributed by atoms with van der Waals surface area (Å²) >= 11 is 0. The number of nitrogens with zero attached hydrogens (tertiary/aromatic N) is 1. The third-order valence-electron chi connectivity index (χ3n) is 5.66. The Morgan fingerprint density at radius 3 is 2.54 bits per heavy atom. The normalized spacial score (nSPS) is 15.5. The molecule has 0 aliphatic heterocycles. The van der Waals surface area contributed by atoms with Crippen LogP contribution >= 0.6 is 0 Å². The maximum absolute atomic E-state index is 12.0. The summed E-state index contributed by atoms with van der Waals surface area (Å²) in [5.41, 5.74) is 2.94. The highest BCUT2D eigenvalue weighted by Gasteiger charge is 2.19. The number of fused-ring (bicyclic) bond motifs is 3. The second-order valence-electron chi connectivity index (χ2n) is 7.22. The fourth-order valence-corrected chi connectivity index (χ4v) is 4.28. The van der Waals surface area contributed by atoms with Crippen LogP contribution in [0.25, 0.3) is 21.8 Å². The minimum atomic E-state index is -0.298. The first-order chi connectivity index (χ1) is 12.7. The molecule has 0 amide bonds. The molecule has 1 aromatic heterocycles. The first kappa shape index (κ1) is 17.0. The Balaban J connectivity index is 1.89. The fourth-order valence-electron chi connectivity index (χ4n) is 4.28. The minimum Gasteiger partial charge on any atom is -0.497 e. The van der Waals surface area contributed by atoms with Crippen LogP contribution in [0.15, 0.2) is 36.4 Å². The molecular weight excluding hydrogens is 326 g/mol. The van der Waals surface area contributed by atoms with Gasteiger partial charge in [-0.15, -0.1) is 0 Å². The van der Waals surface area contributed by atoms with Crippen molar-refractivity contribution in [3.8, 4) is 5.75 Å². The maximum atomic E-state index is 12.0. The third kappa shape index (κ3) is 2.94. The van der Waals surface area contributed by atoms with Gasteiger partial charge in [-0.3, -0.25) is 0 Å². The van der Waals surface area contributed by atoms with Crippen molar-refractivity contribution in [3.05, 3.63) is 42.0 Å². The molecule has 1 aliphatic carbocycles. The number of aromatic nitrogens is 1. The van der Waals surface area contributed by atoms with E-state index in [9.17, 15) is 4.79 Å². The molecule has 0 radical (unpaired) electrons. The standard InChI is InChI=1S/C22H25NO3/c1-25-17-9-10-18-19-12-16(22(24)26-2)8-11-20(19)23(21(18)13-17)14-15-6-4-3-5-7-15/h8-13,15H,3-7,14H2,1-2H3. The number of esters is 1. The molecule has 4 rings (SSSR count). The van der Waals surface area contributed by atoms with Gasteiger partial charge in [-0.25, -0.2) is 4.79 Å². The predicted octanol–water partition coefficient (Wildman–Crippen LogP) is 5.17. The molecule has 0 bridgehead atoms. The molecule has 1 fully saturated rings. The van der Waals surface area contributed by atoms with Gasteiger partial charge in [-0.05, 0) is 49.1 Å². The van der Waals surface area contributed by atoms with Crippen LogP contribution in [0.4, 0.5) is 0 Å². The lowest BCUT2D eigenvalue weighted by molar-refractivity contribution is 0.0601. The Bertz CT molecular complexity index is 951. The first-order valence-corrected chi connectivity index (χ1v) is 9.39. The smallest absolute Gasteiger partial charge is 0.337 e. The first-order valence-electron chi connectivity index (χ1n) is 9.39. The van der Waals surface area contributed by atoms with Crippen LogP contribution in [0.5, 0.6) is 5.75 Å². The summed E-state index contributed by atoms with van der Waals surface area (Å²) in [5, 5.41) is 2.25. The Kier molecular flexibility index (Phi) is 4.58. The Morgan fingerprint density at radius 2 is 1.81 bits per heavy atom. The number of carbonyl (C=O) groups is 1. The highest BCUT2D eigenvalue weighted by Crippen LogP contribution is 2.35. The van der Waals surface area contributed by atoms with Crippen molar-refractivity contribution in [2.45, 2.75) is 38.6 Å². The second kappa shape index (κ2) is 7.02. The van der Waals surface area contributed by atoms with Crippen LogP contribution < -0.4 is 4.74 Å². The lowest BCUT2D eigenvalue weighted by Crippen LogP contribution is -2.14. The zero-order chi connectivity index (χ0) is 18.1. The van der Waals surface area contributed by atoms with Gasteiger partial charge >= 0.3 is 5.97 Å². The molecule has 0 N–H and O–H groups in total. The zero-order valence-electron chi connectivity index (χ0n) is 15.5. The summed E-state index contributed by atoms with van der Waals surface area (Å²) in [6.07, 6.45) is 6.62. The van der Waals surface area contributed by atoms with Crippen LogP contribution in [-0.4, -0.2) is 24.8 Å². The van der Waals surface area contributed by atoms with Gasteiger partial charge in [0.25, 0.3) is 0 Å². The lowest BCUT2D eigenvalue weighted by Gasteiger charge is -2.23. The number of benzene rings is 2. The van der Waals surface area contributed by atoms with Crippen LogP contribution in [0, 0.1) is 5.92 Å². The van der Waals surface area contributed by atoms with Gasteiger partial charge < -0.3 is 14.0 Å². The minimum absolute atomic E-state index is 0.298. The van der Waals surface area contributed by atoms with Gasteiger partial charge in [0.2, 0.25) is 0 Å². The van der Waals surface area contributed by atoms with Crippen molar-refractivity contribution >= 4 is 27.8 Å². The van der Waals surface area contributed by atoms with E-state index in [1.807, 2.05) is 18.2 Å². The quantitative estimate of drug-likeness (QED) is 0.609. The van der Waals surface area contributed by atoms with E-state index in [1.54, 1.807) is 7.11 Å². The summed E-state index contributed by atoms with van der Waals surface area (Å²) in [5.74, 6) is 1.28. The molecule has 2 aromatic carbocycles. The van der Waals surface area contributed by atoms with Gasteiger partial charge in [0.1, 0.15) is 5.75 Å². The van der Waals surface area contributed by atoms with E-state index in [2.05, 4.69) is 22.8 Å². The summed E-state index contributed by atoms with van der Waals surface area (Å²) in [4.78, 5) is 12.0. The SMILES string of the molecule is COC(=O)c1ccc2c(c1)c1ccc(OC)cc1n2CC1CCCCC1. The van der Waals surface area contributed by atoms with E-state index in [1.165, 1.54) is 50.2 Å². The van der Waals surface area contributed by atoms with Crippen molar-refractivity contribution in [3.63, 3.8) is 0 Å². The van der Waals surface area contributed by atoms with E-state index < -0.39 is 0 Å². The van der Waals surface area contributed by atoms with E-state index in [0.717, 1.165) is 23.1 Å².